The van der Waals surface area contributed by atoms with Crippen LogP contribution in [0, 0.1) is 5.92 Å². The van der Waals surface area contributed by atoms with Gasteiger partial charge in [-0.2, -0.15) is 0 Å². The quantitative estimate of drug-likeness (QED) is 0.464. The van der Waals surface area contributed by atoms with E-state index in [9.17, 15) is 4.79 Å². The summed E-state index contributed by atoms with van der Waals surface area (Å²) in [6.45, 7) is 1.98. The molecule has 4 nitrogen and oxygen atoms in total. The van der Waals surface area contributed by atoms with Gasteiger partial charge in [-0.25, -0.2) is 0 Å². The van der Waals surface area contributed by atoms with Crippen LogP contribution in [0.2, 0.25) is 0 Å². The average Bonchev–Trinajstić information content (AvgIpc) is 1.89. The van der Waals surface area contributed by atoms with Crippen LogP contribution in [0.5, 0.6) is 0 Å². The molecule has 0 amide bonds. The third-order valence-corrected chi connectivity index (χ3v) is 1.34. The van der Waals surface area contributed by atoms with Crippen LogP contribution in [-0.4, -0.2) is 29.5 Å². The highest BCUT2D eigenvalue weighted by atomic mass is 16.4. The number of hydrogen-bond acceptors (Lipinski definition) is 3. The van der Waals surface area contributed by atoms with Gasteiger partial charge in [-0.05, 0) is 6.42 Å². The second kappa shape index (κ2) is 5.20. The number of carbonyl (C=O) groups is 1. The Balaban J connectivity index is 3.50. The summed E-state index contributed by atoms with van der Waals surface area (Å²) in [6.07, 6.45) is 0.586. The zero-order valence-electron chi connectivity index (χ0n) is 6.00. The molecule has 0 aliphatic rings. The van der Waals surface area contributed by atoms with Gasteiger partial charge >= 0.3 is 5.97 Å². The lowest BCUT2D eigenvalue weighted by atomic mass is 10.1. The highest BCUT2D eigenvalue weighted by molar-refractivity contribution is 5.70. The molecule has 1 unspecified atom stereocenters. The van der Waals surface area contributed by atoms with E-state index in [1.54, 1.807) is 6.92 Å². The summed E-state index contributed by atoms with van der Waals surface area (Å²) in [4.78, 5) is 10.3. The highest BCUT2D eigenvalue weighted by Gasteiger charge is 2.12. The second-order valence-corrected chi connectivity index (χ2v) is 2.06. The first-order valence-corrected chi connectivity index (χ1v) is 3.26. The summed E-state index contributed by atoms with van der Waals surface area (Å²) in [7, 11) is 0. The fourth-order valence-corrected chi connectivity index (χ4v) is 0.645. The molecule has 0 fully saturated rings. The molecule has 0 spiro atoms. The lowest BCUT2D eigenvalue weighted by Gasteiger charge is -2.08. The molecule has 0 saturated heterocycles. The summed E-state index contributed by atoms with van der Waals surface area (Å²) in [6, 6.07) is 0. The van der Waals surface area contributed by atoms with E-state index in [4.69, 9.17) is 10.2 Å². The molecule has 0 aromatic heterocycles. The topological polar surface area (TPSA) is 69.6 Å². The first-order valence-electron chi connectivity index (χ1n) is 3.26. The summed E-state index contributed by atoms with van der Waals surface area (Å²) >= 11 is 0. The first-order chi connectivity index (χ1) is 4.72. The molecule has 0 aliphatic carbocycles. The SMILES string of the molecule is CCC(CNCO)C(=O)O. The Hall–Kier alpha value is -0.610. The van der Waals surface area contributed by atoms with Crippen LogP contribution in [0.3, 0.4) is 0 Å². The lowest BCUT2D eigenvalue weighted by Crippen LogP contribution is -2.28. The van der Waals surface area contributed by atoms with E-state index in [1.807, 2.05) is 0 Å². The maximum absolute atomic E-state index is 10.3. The number of carboxylic acids is 1. The zero-order valence-corrected chi connectivity index (χ0v) is 6.00. The Morgan fingerprint density at radius 1 is 1.70 bits per heavy atom. The fourth-order valence-electron chi connectivity index (χ4n) is 0.645. The third-order valence-electron chi connectivity index (χ3n) is 1.34. The Morgan fingerprint density at radius 2 is 2.30 bits per heavy atom. The van der Waals surface area contributed by atoms with Crippen molar-refractivity contribution in [3.63, 3.8) is 0 Å². The molecule has 0 radical (unpaired) electrons. The molecule has 0 rings (SSSR count). The number of rotatable bonds is 5. The third kappa shape index (κ3) is 3.42. The summed E-state index contributed by atoms with van der Waals surface area (Å²) in [5.41, 5.74) is 0. The number of aliphatic hydroxyl groups excluding tert-OH is 1. The molecule has 1 atom stereocenters. The zero-order chi connectivity index (χ0) is 7.98. The Kier molecular flexibility index (Phi) is 4.88. The van der Waals surface area contributed by atoms with Gasteiger partial charge < -0.3 is 10.2 Å². The molecule has 4 heteroatoms. The van der Waals surface area contributed by atoms with Gasteiger partial charge in [0.1, 0.15) is 0 Å². The molecular formula is C6H13NO3. The van der Waals surface area contributed by atoms with Gasteiger partial charge in [0.05, 0.1) is 12.6 Å². The predicted molar refractivity (Wildman–Crippen MR) is 36.5 cm³/mol. The molecule has 0 aromatic carbocycles. The van der Waals surface area contributed by atoms with E-state index in [0.29, 0.717) is 13.0 Å². The minimum Gasteiger partial charge on any atom is -0.481 e. The minimum atomic E-state index is -0.816. The smallest absolute Gasteiger partial charge is 0.307 e. The number of aliphatic hydroxyl groups is 1. The van der Waals surface area contributed by atoms with Gasteiger partial charge in [0.15, 0.2) is 0 Å². The van der Waals surface area contributed by atoms with E-state index in [1.165, 1.54) is 0 Å². The van der Waals surface area contributed by atoms with Crippen molar-refractivity contribution >= 4 is 5.97 Å². The van der Waals surface area contributed by atoms with Crippen LogP contribution in [0.1, 0.15) is 13.3 Å². The van der Waals surface area contributed by atoms with E-state index in [2.05, 4.69) is 5.32 Å². The molecule has 0 saturated carbocycles. The van der Waals surface area contributed by atoms with E-state index in [0.717, 1.165) is 0 Å². The lowest BCUT2D eigenvalue weighted by molar-refractivity contribution is -0.141. The van der Waals surface area contributed by atoms with Crippen LogP contribution >= 0.6 is 0 Å². The van der Waals surface area contributed by atoms with Crippen molar-refractivity contribution in [1.82, 2.24) is 5.32 Å². The maximum atomic E-state index is 10.3. The van der Waals surface area contributed by atoms with Crippen molar-refractivity contribution in [3.8, 4) is 0 Å². The second-order valence-electron chi connectivity index (χ2n) is 2.06. The van der Waals surface area contributed by atoms with E-state index < -0.39 is 5.97 Å². The molecule has 60 valence electrons. The Bertz CT molecular complexity index is 105. The van der Waals surface area contributed by atoms with Crippen LogP contribution in [-0.2, 0) is 4.79 Å². The van der Waals surface area contributed by atoms with Crippen LogP contribution < -0.4 is 5.32 Å². The first kappa shape index (κ1) is 9.39. The van der Waals surface area contributed by atoms with Gasteiger partial charge in [0.2, 0.25) is 0 Å². The number of nitrogens with one attached hydrogen (secondary N) is 1. The number of carboxylic acid groups (broad SMARTS) is 1. The molecule has 3 N–H and O–H groups in total. The largest absolute Gasteiger partial charge is 0.481 e. The normalized spacial score (nSPS) is 13.0. The van der Waals surface area contributed by atoms with Crippen LogP contribution in [0.15, 0.2) is 0 Å². The summed E-state index contributed by atoms with van der Waals surface area (Å²) in [5, 5.41) is 19.3. The van der Waals surface area contributed by atoms with Gasteiger partial charge in [-0.15, -0.1) is 0 Å². The van der Waals surface area contributed by atoms with Gasteiger partial charge in [0.25, 0.3) is 0 Å². The van der Waals surface area contributed by atoms with Crippen molar-refractivity contribution in [1.29, 1.82) is 0 Å². The van der Waals surface area contributed by atoms with Crippen molar-refractivity contribution < 1.29 is 15.0 Å². The van der Waals surface area contributed by atoms with E-state index in [-0.39, 0.29) is 12.6 Å². The van der Waals surface area contributed by atoms with Crippen molar-refractivity contribution in [2.24, 2.45) is 5.92 Å². The molecule has 0 heterocycles. The van der Waals surface area contributed by atoms with E-state index >= 15 is 0 Å². The number of aliphatic carboxylic acids is 1. The monoisotopic (exact) mass is 147 g/mol. The molecule has 0 aliphatic heterocycles. The average molecular weight is 147 g/mol. The fraction of sp³-hybridized carbons (Fsp3) is 0.833. The van der Waals surface area contributed by atoms with Crippen molar-refractivity contribution in [3.05, 3.63) is 0 Å². The molecule has 0 bridgehead atoms. The van der Waals surface area contributed by atoms with Crippen LogP contribution in [0.25, 0.3) is 0 Å². The molecule has 10 heavy (non-hydrogen) atoms. The van der Waals surface area contributed by atoms with Gasteiger partial charge in [-0.3, -0.25) is 10.1 Å². The van der Waals surface area contributed by atoms with Crippen molar-refractivity contribution in [2.75, 3.05) is 13.3 Å². The van der Waals surface area contributed by atoms with Gasteiger partial charge in [0, 0.05) is 6.54 Å². The number of hydrogen-bond donors (Lipinski definition) is 3. The van der Waals surface area contributed by atoms with Gasteiger partial charge in [-0.1, -0.05) is 6.92 Å². The molecule has 0 aromatic rings. The van der Waals surface area contributed by atoms with Crippen molar-refractivity contribution in [2.45, 2.75) is 13.3 Å². The Morgan fingerprint density at radius 3 is 2.60 bits per heavy atom. The standard InChI is InChI=1S/C6H13NO3/c1-2-5(6(9)10)3-7-4-8/h5,7-8H,2-4H2,1H3,(H,9,10). The molecular weight excluding hydrogens is 134 g/mol. The Labute approximate surface area is 59.9 Å². The predicted octanol–water partition coefficient (Wildman–Crippen LogP) is -0.363. The summed E-state index contributed by atoms with van der Waals surface area (Å²) < 4.78 is 0. The maximum Gasteiger partial charge on any atom is 0.307 e. The minimum absolute atomic E-state index is 0.163. The summed E-state index contributed by atoms with van der Waals surface area (Å²) in [5.74, 6) is -1.20. The van der Waals surface area contributed by atoms with Crippen LogP contribution in [0.4, 0.5) is 0 Å². The highest BCUT2D eigenvalue weighted by Crippen LogP contribution is 1.99.